The fraction of sp³-hybridized carbons (Fsp3) is 0.500. The van der Waals surface area contributed by atoms with Gasteiger partial charge in [-0.2, -0.15) is 0 Å². The van der Waals surface area contributed by atoms with Gasteiger partial charge < -0.3 is 25.2 Å². The summed E-state index contributed by atoms with van der Waals surface area (Å²) >= 11 is 1.21. The third-order valence-electron chi connectivity index (χ3n) is 6.97. The highest BCUT2D eigenvalue weighted by atomic mass is 32.1. The molecule has 3 N–H and O–H groups in total. The minimum absolute atomic E-state index is 0.0460. The summed E-state index contributed by atoms with van der Waals surface area (Å²) in [6, 6.07) is 6.57. The first-order valence-electron chi connectivity index (χ1n) is 13.3. The van der Waals surface area contributed by atoms with Crippen molar-refractivity contribution in [3.05, 3.63) is 52.1 Å². The summed E-state index contributed by atoms with van der Waals surface area (Å²) in [4.78, 5) is 44.4. The number of hydrogen-bond donors (Lipinski definition) is 3. The molecule has 1 aliphatic rings. The standard InChI is InChI=1S/C28H37N5O4S/c1-18(2)14-21(31-28(37)33-12-8-4-5-9-13-33)25(34)29-22(26-30-23(17-38-26)27(35)36)15-19-16-32(3)24-11-7-6-10-20(19)24/h6-7,10-11,16-18,21-22H,4-5,8-9,12-15H2,1-3H3,(H,29,34)(H,31,37)(H,35,36)/t21-,22+/m0/s1. The van der Waals surface area contributed by atoms with Crippen LogP contribution in [0.15, 0.2) is 35.8 Å². The van der Waals surface area contributed by atoms with E-state index in [0.29, 0.717) is 30.9 Å². The molecule has 1 fully saturated rings. The molecule has 0 spiro atoms. The average Bonchev–Trinajstić information content (AvgIpc) is 3.38. The first-order valence-corrected chi connectivity index (χ1v) is 14.2. The number of aryl methyl sites for hydroxylation is 1. The highest BCUT2D eigenvalue weighted by Crippen LogP contribution is 2.28. The van der Waals surface area contributed by atoms with Crippen LogP contribution in [-0.4, -0.2) is 56.6 Å². The van der Waals surface area contributed by atoms with Crippen molar-refractivity contribution in [2.24, 2.45) is 13.0 Å². The number of nitrogens with zero attached hydrogens (tertiary/aromatic N) is 3. The number of carboxylic acids is 1. The van der Waals surface area contributed by atoms with Crippen molar-refractivity contribution in [3.63, 3.8) is 0 Å². The maximum atomic E-state index is 13.7. The summed E-state index contributed by atoms with van der Waals surface area (Å²) in [5.74, 6) is -1.21. The molecule has 2 aromatic heterocycles. The van der Waals surface area contributed by atoms with Gasteiger partial charge in [0.2, 0.25) is 5.91 Å². The monoisotopic (exact) mass is 539 g/mol. The molecule has 0 aliphatic carbocycles. The number of para-hydroxylation sites is 1. The van der Waals surface area contributed by atoms with Crippen LogP contribution in [0.25, 0.3) is 10.9 Å². The minimum Gasteiger partial charge on any atom is -0.476 e. The first-order chi connectivity index (χ1) is 18.2. The molecular weight excluding hydrogens is 502 g/mol. The average molecular weight is 540 g/mol. The number of fused-ring (bicyclic) bond motifs is 1. The van der Waals surface area contributed by atoms with Gasteiger partial charge in [-0.05, 0) is 36.8 Å². The van der Waals surface area contributed by atoms with Gasteiger partial charge in [-0.25, -0.2) is 14.6 Å². The second-order valence-corrected chi connectivity index (χ2v) is 11.3. The van der Waals surface area contributed by atoms with Crippen LogP contribution in [0.1, 0.15) is 73.1 Å². The molecular formula is C28H37N5O4S. The molecule has 38 heavy (non-hydrogen) atoms. The molecule has 204 valence electrons. The number of hydrogen-bond acceptors (Lipinski definition) is 5. The quantitative estimate of drug-likeness (QED) is 0.363. The molecule has 2 atom stereocenters. The zero-order chi connectivity index (χ0) is 27.2. The molecule has 0 radical (unpaired) electrons. The Bertz CT molecular complexity index is 1280. The predicted octanol–water partition coefficient (Wildman–Crippen LogP) is 4.73. The van der Waals surface area contributed by atoms with Crippen molar-refractivity contribution < 1.29 is 19.5 Å². The van der Waals surface area contributed by atoms with Crippen LogP contribution >= 0.6 is 11.3 Å². The Kier molecular flexibility index (Phi) is 9.04. The predicted molar refractivity (Wildman–Crippen MR) is 148 cm³/mol. The molecule has 1 aromatic carbocycles. The van der Waals surface area contributed by atoms with Gasteiger partial charge in [0.15, 0.2) is 5.69 Å². The lowest BCUT2D eigenvalue weighted by Gasteiger charge is -2.27. The van der Waals surface area contributed by atoms with E-state index in [0.717, 1.165) is 42.1 Å². The molecule has 0 bridgehead atoms. The van der Waals surface area contributed by atoms with Gasteiger partial charge in [0.05, 0.1) is 6.04 Å². The molecule has 0 saturated carbocycles. The first kappa shape index (κ1) is 27.6. The molecule has 9 nitrogen and oxygen atoms in total. The number of nitrogens with one attached hydrogen (secondary N) is 2. The summed E-state index contributed by atoms with van der Waals surface area (Å²) in [6.07, 6.45) is 7.12. The SMILES string of the molecule is CC(C)C[C@H](NC(=O)N1CCCCCC1)C(=O)N[C@H](Cc1cn(C)c2ccccc12)c1nc(C(=O)O)cs1. The molecule has 3 amide bonds. The third-order valence-corrected chi connectivity index (χ3v) is 7.93. The van der Waals surface area contributed by atoms with Crippen molar-refractivity contribution in [1.82, 2.24) is 25.1 Å². The molecule has 0 unspecified atom stereocenters. The summed E-state index contributed by atoms with van der Waals surface area (Å²) < 4.78 is 2.04. The van der Waals surface area contributed by atoms with Crippen molar-refractivity contribution in [3.8, 4) is 0 Å². The van der Waals surface area contributed by atoms with Gasteiger partial charge in [0.25, 0.3) is 0 Å². The number of thiazole rings is 1. The van der Waals surface area contributed by atoms with Crippen molar-refractivity contribution >= 4 is 40.1 Å². The Morgan fingerprint density at radius 2 is 1.79 bits per heavy atom. The van der Waals surface area contributed by atoms with E-state index in [4.69, 9.17) is 0 Å². The van der Waals surface area contributed by atoms with Crippen LogP contribution in [0.2, 0.25) is 0 Å². The lowest BCUT2D eigenvalue weighted by atomic mass is 10.0. The Morgan fingerprint density at radius 3 is 2.45 bits per heavy atom. The largest absolute Gasteiger partial charge is 0.476 e. The van der Waals surface area contributed by atoms with Crippen LogP contribution in [0.4, 0.5) is 4.79 Å². The maximum Gasteiger partial charge on any atom is 0.355 e. The number of aromatic carboxylic acids is 1. The maximum absolute atomic E-state index is 13.7. The number of likely N-dealkylation sites (tertiary alicyclic amines) is 1. The van der Waals surface area contributed by atoms with Gasteiger partial charge in [0.1, 0.15) is 11.0 Å². The topological polar surface area (TPSA) is 117 Å². The van der Waals surface area contributed by atoms with Crippen LogP contribution in [0.5, 0.6) is 0 Å². The van der Waals surface area contributed by atoms with Crippen molar-refractivity contribution in [2.75, 3.05) is 13.1 Å². The van der Waals surface area contributed by atoms with E-state index in [1.807, 2.05) is 55.9 Å². The van der Waals surface area contributed by atoms with Gasteiger partial charge in [-0.1, -0.05) is 44.9 Å². The smallest absolute Gasteiger partial charge is 0.355 e. The number of aromatic nitrogens is 2. The van der Waals surface area contributed by atoms with E-state index in [1.54, 1.807) is 4.90 Å². The summed E-state index contributed by atoms with van der Waals surface area (Å²) in [6.45, 7) is 5.43. The Morgan fingerprint density at radius 1 is 1.08 bits per heavy atom. The summed E-state index contributed by atoms with van der Waals surface area (Å²) in [5.41, 5.74) is 2.05. The van der Waals surface area contributed by atoms with Crippen molar-refractivity contribution in [2.45, 2.75) is 64.5 Å². The number of benzene rings is 1. The Labute approximate surface area is 227 Å². The molecule has 1 saturated heterocycles. The molecule has 4 rings (SSSR count). The highest BCUT2D eigenvalue weighted by molar-refractivity contribution is 7.09. The normalized spacial score (nSPS) is 15.7. The van der Waals surface area contributed by atoms with Crippen molar-refractivity contribution in [1.29, 1.82) is 0 Å². The van der Waals surface area contributed by atoms with Crippen LogP contribution in [0, 0.1) is 5.92 Å². The second-order valence-electron chi connectivity index (χ2n) is 10.5. The number of amides is 3. The van der Waals surface area contributed by atoms with E-state index in [2.05, 4.69) is 15.6 Å². The van der Waals surface area contributed by atoms with Crippen LogP contribution in [-0.2, 0) is 18.3 Å². The Hall–Kier alpha value is -3.40. The van der Waals surface area contributed by atoms with E-state index in [-0.39, 0.29) is 23.6 Å². The van der Waals surface area contributed by atoms with Gasteiger partial charge in [0, 0.05) is 49.0 Å². The summed E-state index contributed by atoms with van der Waals surface area (Å²) in [5, 5.41) is 18.6. The van der Waals surface area contributed by atoms with Gasteiger partial charge in [-0.3, -0.25) is 4.79 Å². The highest BCUT2D eigenvalue weighted by Gasteiger charge is 2.29. The molecule has 3 aromatic rings. The second kappa shape index (κ2) is 12.4. The van der Waals surface area contributed by atoms with E-state index in [9.17, 15) is 19.5 Å². The van der Waals surface area contributed by atoms with Crippen LogP contribution < -0.4 is 10.6 Å². The number of carbonyl (C=O) groups excluding carboxylic acids is 2. The summed E-state index contributed by atoms with van der Waals surface area (Å²) in [7, 11) is 1.97. The lowest BCUT2D eigenvalue weighted by Crippen LogP contribution is -2.52. The number of urea groups is 1. The fourth-order valence-electron chi connectivity index (χ4n) is 5.04. The lowest BCUT2D eigenvalue weighted by molar-refractivity contribution is -0.124. The number of carboxylic acid groups (broad SMARTS) is 1. The van der Waals surface area contributed by atoms with Crippen LogP contribution in [0.3, 0.4) is 0 Å². The van der Waals surface area contributed by atoms with E-state index < -0.39 is 18.1 Å². The van der Waals surface area contributed by atoms with E-state index in [1.165, 1.54) is 16.7 Å². The molecule has 1 aliphatic heterocycles. The fourth-order valence-corrected chi connectivity index (χ4v) is 5.89. The number of rotatable bonds is 9. The Balaban J connectivity index is 1.58. The van der Waals surface area contributed by atoms with Gasteiger partial charge >= 0.3 is 12.0 Å². The van der Waals surface area contributed by atoms with E-state index >= 15 is 0 Å². The molecule has 10 heteroatoms. The zero-order valence-corrected chi connectivity index (χ0v) is 23.1. The number of carbonyl (C=O) groups is 3. The minimum atomic E-state index is -1.11. The van der Waals surface area contributed by atoms with Gasteiger partial charge in [-0.15, -0.1) is 11.3 Å². The molecule has 3 heterocycles. The third kappa shape index (κ3) is 6.72. The zero-order valence-electron chi connectivity index (χ0n) is 22.3.